The van der Waals surface area contributed by atoms with Gasteiger partial charge in [0.25, 0.3) is 0 Å². The summed E-state index contributed by atoms with van der Waals surface area (Å²) in [5.41, 5.74) is 7.97. The molecule has 0 spiro atoms. The maximum atomic E-state index is 12.6. The molecule has 326 valence electrons. The third-order valence-corrected chi connectivity index (χ3v) is 9.48. The first-order chi connectivity index (χ1) is 29.5. The number of Topliss-reactive ketones (excluding diaryl/α,β-unsaturated/α-hetero) is 2. The third kappa shape index (κ3) is 9.89. The summed E-state index contributed by atoms with van der Waals surface area (Å²) in [7, 11) is 5.36. The molecule has 0 saturated heterocycles. The zero-order chi connectivity index (χ0) is 44.9. The molecule has 15 nitrogen and oxygen atoms in total. The summed E-state index contributed by atoms with van der Waals surface area (Å²) in [5, 5.41) is 4.29. The minimum Gasteiger partial charge on any atom is -0.496 e. The Balaban J connectivity index is 0.000000209. The maximum absolute atomic E-state index is 12.6. The van der Waals surface area contributed by atoms with E-state index in [2.05, 4.69) is 25.5 Å². The SMILES string of the molecule is COc1cc(-n2cnc3cc(-n4cnc(C)n4)ccc32)cc(OC)c1C(=O)CCC(F)(F)F.COc1cc(-n2cnc3cc(NN)ccc32)cc(OC)c1C(=O)CCC(F)(F)F. The van der Waals surface area contributed by atoms with Gasteiger partial charge in [0.2, 0.25) is 0 Å². The van der Waals surface area contributed by atoms with E-state index in [0.29, 0.717) is 33.9 Å². The van der Waals surface area contributed by atoms with E-state index in [-0.39, 0.29) is 34.1 Å². The number of hydrogen-bond donors (Lipinski definition) is 2. The zero-order valence-electron chi connectivity index (χ0n) is 33.8. The Morgan fingerprint density at radius 3 is 1.44 bits per heavy atom. The van der Waals surface area contributed by atoms with Crippen LogP contribution in [-0.2, 0) is 0 Å². The molecule has 0 unspecified atom stereocenters. The number of ether oxygens (including phenoxy) is 4. The van der Waals surface area contributed by atoms with Crippen LogP contribution in [0.3, 0.4) is 0 Å². The highest BCUT2D eigenvalue weighted by atomic mass is 19.4. The fourth-order valence-corrected chi connectivity index (χ4v) is 6.51. The lowest BCUT2D eigenvalue weighted by molar-refractivity contribution is -0.134. The summed E-state index contributed by atoms with van der Waals surface area (Å²) in [6, 6.07) is 17.1. The van der Waals surface area contributed by atoms with E-state index in [1.807, 2.05) is 18.2 Å². The maximum Gasteiger partial charge on any atom is 0.389 e. The quantitative estimate of drug-likeness (QED) is 0.0464. The number of nitrogens with zero attached hydrogens (tertiary/aromatic N) is 7. The number of nitrogens with one attached hydrogen (secondary N) is 1. The van der Waals surface area contributed by atoms with Gasteiger partial charge in [-0.25, -0.2) is 19.6 Å². The van der Waals surface area contributed by atoms with Crippen molar-refractivity contribution in [2.45, 2.75) is 45.0 Å². The predicted octanol–water partition coefficient (Wildman–Crippen LogP) is 8.31. The molecular formula is C41H39F6N9O6. The molecule has 0 aliphatic rings. The van der Waals surface area contributed by atoms with Crippen molar-refractivity contribution in [2.75, 3.05) is 33.9 Å². The second-order valence-electron chi connectivity index (χ2n) is 13.5. The first-order valence-corrected chi connectivity index (χ1v) is 18.5. The normalized spacial score (nSPS) is 11.6. The van der Waals surface area contributed by atoms with Crippen LogP contribution in [0.1, 0.15) is 52.2 Å². The number of rotatable bonds is 14. The van der Waals surface area contributed by atoms with Crippen LogP contribution in [0.4, 0.5) is 32.0 Å². The lowest BCUT2D eigenvalue weighted by Gasteiger charge is -2.16. The van der Waals surface area contributed by atoms with Crippen LogP contribution in [0.2, 0.25) is 0 Å². The van der Waals surface area contributed by atoms with Crippen LogP contribution in [0.25, 0.3) is 39.1 Å². The highest BCUT2D eigenvalue weighted by Gasteiger charge is 2.31. The van der Waals surface area contributed by atoms with Crippen LogP contribution in [0.5, 0.6) is 23.0 Å². The Hall–Kier alpha value is -7.16. The van der Waals surface area contributed by atoms with Crippen LogP contribution in [0, 0.1) is 6.92 Å². The van der Waals surface area contributed by atoms with Gasteiger partial charge in [0.05, 0.1) is 86.1 Å². The molecule has 3 N–H and O–H groups in total. The van der Waals surface area contributed by atoms with Crippen molar-refractivity contribution in [3.63, 3.8) is 0 Å². The standard InChI is InChI=1S/C22H20F3N5O3.C19H19F3N4O3/c1-13-26-12-30(28-13)14-4-5-17-16(8-14)27-11-29(17)15-9-19(32-2)21(20(10-15)33-3)18(31)6-7-22(23,24)25;1-28-16-8-12(26-10-24-13-7-11(25-23)3-4-14(13)26)9-17(29-2)18(16)15(27)5-6-19(20,21)22/h4-5,8-12H,6-7H2,1-3H3;3-4,7-10,25H,5-6,23H2,1-2H3. The second-order valence-corrected chi connectivity index (χ2v) is 13.5. The molecule has 3 heterocycles. The Morgan fingerprint density at radius 2 is 1.05 bits per heavy atom. The topological polar surface area (TPSA) is 175 Å². The van der Waals surface area contributed by atoms with Crippen molar-refractivity contribution < 1.29 is 54.9 Å². The largest absolute Gasteiger partial charge is 0.496 e. The molecule has 0 aliphatic heterocycles. The summed E-state index contributed by atoms with van der Waals surface area (Å²) >= 11 is 0. The van der Waals surface area contributed by atoms with Crippen LogP contribution >= 0.6 is 0 Å². The van der Waals surface area contributed by atoms with Crippen molar-refractivity contribution in [1.82, 2.24) is 33.9 Å². The van der Waals surface area contributed by atoms with Gasteiger partial charge in [-0.05, 0) is 43.3 Å². The average molecular weight is 868 g/mol. The van der Waals surface area contributed by atoms with Gasteiger partial charge in [0, 0.05) is 37.1 Å². The van der Waals surface area contributed by atoms with Crippen molar-refractivity contribution in [2.24, 2.45) is 5.84 Å². The lowest BCUT2D eigenvalue weighted by atomic mass is 10.0. The fourth-order valence-electron chi connectivity index (χ4n) is 6.51. The second kappa shape index (κ2) is 18.2. The van der Waals surface area contributed by atoms with Gasteiger partial charge in [-0.1, -0.05) is 0 Å². The number of imidazole rings is 2. The van der Waals surface area contributed by atoms with Crippen molar-refractivity contribution >= 4 is 39.3 Å². The molecule has 4 aromatic carbocycles. The number of aromatic nitrogens is 7. The molecule has 62 heavy (non-hydrogen) atoms. The number of aryl methyl sites for hydroxylation is 1. The molecule has 0 radical (unpaired) electrons. The Labute approximate surface area is 349 Å². The van der Waals surface area contributed by atoms with E-state index in [1.54, 1.807) is 82.2 Å². The number of fused-ring (bicyclic) bond motifs is 2. The monoisotopic (exact) mass is 867 g/mol. The number of hydrogen-bond acceptors (Lipinski definition) is 12. The van der Waals surface area contributed by atoms with Crippen molar-refractivity contribution in [3.05, 3.63) is 96.6 Å². The third-order valence-electron chi connectivity index (χ3n) is 9.48. The van der Waals surface area contributed by atoms with Gasteiger partial charge in [-0.15, -0.1) is 0 Å². The molecule has 7 aromatic rings. The number of hydrazine groups is 1. The van der Waals surface area contributed by atoms with Crippen LogP contribution < -0.4 is 30.2 Å². The van der Waals surface area contributed by atoms with E-state index < -0.39 is 49.6 Å². The molecule has 0 fully saturated rings. The summed E-state index contributed by atoms with van der Waals surface area (Å²) in [6.45, 7) is 1.79. The first-order valence-electron chi connectivity index (χ1n) is 18.5. The number of benzene rings is 4. The van der Waals surface area contributed by atoms with Gasteiger partial charge in [0.1, 0.15) is 58.9 Å². The Kier molecular flexibility index (Phi) is 13.0. The molecule has 0 amide bonds. The smallest absolute Gasteiger partial charge is 0.389 e. The number of nitrogens with two attached hydrogens (primary N) is 1. The number of carbonyl (C=O) groups excluding carboxylic acids is 2. The molecule has 7 rings (SSSR count). The van der Waals surface area contributed by atoms with Gasteiger partial charge >= 0.3 is 12.4 Å². The van der Waals surface area contributed by atoms with Crippen molar-refractivity contribution in [1.29, 1.82) is 0 Å². The average Bonchev–Trinajstić information content (AvgIpc) is 4.01. The molecule has 21 heteroatoms. The van der Waals surface area contributed by atoms with E-state index in [9.17, 15) is 35.9 Å². The van der Waals surface area contributed by atoms with Crippen LogP contribution in [-0.4, -0.2) is 86.2 Å². The van der Waals surface area contributed by atoms with Gasteiger partial charge < -0.3 is 24.4 Å². The van der Waals surface area contributed by atoms with Gasteiger partial charge in [0.15, 0.2) is 11.6 Å². The van der Waals surface area contributed by atoms with Gasteiger partial charge in [-0.3, -0.25) is 24.6 Å². The number of halogens is 6. The van der Waals surface area contributed by atoms with E-state index in [0.717, 1.165) is 16.7 Å². The first kappa shape index (κ1) is 44.4. The van der Waals surface area contributed by atoms with E-state index in [4.69, 9.17) is 24.8 Å². The lowest BCUT2D eigenvalue weighted by Crippen LogP contribution is -2.13. The highest BCUT2D eigenvalue weighted by molar-refractivity contribution is 6.02. The minimum atomic E-state index is -4.43. The molecule has 0 bridgehead atoms. The summed E-state index contributed by atoms with van der Waals surface area (Å²) < 4.78 is 102. The zero-order valence-corrected chi connectivity index (χ0v) is 33.8. The minimum absolute atomic E-state index is 0.0259. The molecule has 0 aliphatic carbocycles. The number of methoxy groups -OCH3 is 4. The highest BCUT2D eigenvalue weighted by Crippen LogP contribution is 2.37. The van der Waals surface area contributed by atoms with E-state index in [1.165, 1.54) is 28.4 Å². The van der Waals surface area contributed by atoms with Crippen molar-refractivity contribution in [3.8, 4) is 40.1 Å². The predicted molar refractivity (Wildman–Crippen MR) is 215 cm³/mol. The number of nitrogen functional groups attached to an aromatic ring is 1. The molecular weight excluding hydrogens is 828 g/mol. The summed E-state index contributed by atoms with van der Waals surface area (Å²) in [6.07, 6.45) is -7.92. The molecule has 3 aromatic heterocycles. The summed E-state index contributed by atoms with van der Waals surface area (Å²) in [5.74, 6) is 5.11. The number of ketones is 2. The Morgan fingerprint density at radius 1 is 0.613 bits per heavy atom. The summed E-state index contributed by atoms with van der Waals surface area (Å²) in [4.78, 5) is 37.9. The van der Waals surface area contributed by atoms with Gasteiger partial charge in [-0.2, -0.15) is 31.4 Å². The van der Waals surface area contributed by atoms with Crippen LogP contribution in [0.15, 0.2) is 79.6 Å². The molecule has 0 atom stereocenters. The Bertz CT molecular complexity index is 2690. The number of carbonyl (C=O) groups is 2. The fraction of sp³-hybridized carbons (Fsp3) is 0.268. The number of anilines is 1. The van der Waals surface area contributed by atoms with E-state index >= 15 is 0 Å². The molecule has 0 saturated carbocycles. The number of alkyl halides is 6.